The molecule has 136 valence electrons. The van der Waals surface area contributed by atoms with Crippen molar-refractivity contribution in [3.05, 3.63) is 32.7 Å². The highest BCUT2D eigenvalue weighted by atomic mass is 16.3. The number of amides is 1. The second-order valence-electron chi connectivity index (χ2n) is 7.06. The van der Waals surface area contributed by atoms with Gasteiger partial charge in [-0.1, -0.05) is 12.8 Å². The van der Waals surface area contributed by atoms with Gasteiger partial charge in [0.05, 0.1) is 6.10 Å². The number of aromatic amines is 1. The van der Waals surface area contributed by atoms with Gasteiger partial charge in [-0.3, -0.25) is 9.59 Å². The summed E-state index contributed by atoms with van der Waals surface area (Å²) < 4.78 is 0. The van der Waals surface area contributed by atoms with E-state index >= 15 is 0 Å². The van der Waals surface area contributed by atoms with Gasteiger partial charge in [0.2, 0.25) is 5.91 Å². The number of pyridine rings is 1. The highest BCUT2D eigenvalue weighted by Gasteiger charge is 2.25. The number of rotatable bonds is 5. The van der Waals surface area contributed by atoms with Crippen molar-refractivity contribution >= 4 is 5.91 Å². The number of H-pyrrole nitrogens is 1. The van der Waals surface area contributed by atoms with Crippen molar-refractivity contribution in [3.63, 3.8) is 0 Å². The maximum atomic E-state index is 12.4. The van der Waals surface area contributed by atoms with Gasteiger partial charge in [0.15, 0.2) is 0 Å². The second-order valence-corrected chi connectivity index (χ2v) is 7.06. The van der Waals surface area contributed by atoms with Crippen molar-refractivity contribution in [2.45, 2.75) is 58.5 Å². The molecule has 2 rings (SSSR count). The summed E-state index contributed by atoms with van der Waals surface area (Å²) in [5, 5.41) is 19.2. The lowest BCUT2D eigenvalue weighted by atomic mass is 9.86. The van der Waals surface area contributed by atoms with Crippen LogP contribution in [0.15, 0.2) is 4.79 Å². The van der Waals surface area contributed by atoms with Crippen LogP contribution in [0.5, 0.6) is 0 Å². The Hall–Kier alpha value is -2.13. The topological polar surface area (TPSA) is 97.2 Å². The fourth-order valence-electron chi connectivity index (χ4n) is 3.70. The van der Waals surface area contributed by atoms with Gasteiger partial charge >= 0.3 is 0 Å². The zero-order valence-electron chi connectivity index (χ0n) is 15.3. The number of aliphatic hydroxyl groups is 1. The van der Waals surface area contributed by atoms with Crippen LogP contribution in [-0.4, -0.2) is 40.6 Å². The molecule has 0 aliphatic heterocycles. The highest BCUT2D eigenvalue weighted by molar-refractivity contribution is 5.76. The molecule has 2 N–H and O–H groups in total. The zero-order valence-corrected chi connectivity index (χ0v) is 15.3. The molecule has 1 aromatic heterocycles. The standard InChI is InChI=1S/C19H27N3O3/c1-12-15(13(2)21-19(25)16(12)10-20)8-9-18(24)22(3)11-14-6-4-5-7-17(14)23/h14,17,23H,4-9,11H2,1-3H3,(H,21,25). The maximum Gasteiger partial charge on any atom is 0.266 e. The Morgan fingerprint density at radius 1 is 1.36 bits per heavy atom. The second kappa shape index (κ2) is 8.30. The first-order valence-electron chi connectivity index (χ1n) is 8.89. The van der Waals surface area contributed by atoms with Crippen LogP contribution in [0.4, 0.5) is 0 Å². The van der Waals surface area contributed by atoms with Crippen LogP contribution in [-0.2, 0) is 11.2 Å². The van der Waals surface area contributed by atoms with Crippen LogP contribution in [0.2, 0.25) is 0 Å². The fourth-order valence-corrected chi connectivity index (χ4v) is 3.70. The van der Waals surface area contributed by atoms with Crippen LogP contribution in [0.1, 0.15) is 54.5 Å². The van der Waals surface area contributed by atoms with Gasteiger partial charge in [-0.05, 0) is 44.2 Å². The number of carbonyl (C=O) groups excluding carboxylic acids is 1. The molecule has 1 aliphatic carbocycles. The molecule has 6 nitrogen and oxygen atoms in total. The molecule has 6 heteroatoms. The van der Waals surface area contributed by atoms with E-state index in [4.69, 9.17) is 5.26 Å². The average Bonchev–Trinajstić information content (AvgIpc) is 2.56. The molecule has 0 saturated heterocycles. The fraction of sp³-hybridized carbons (Fsp3) is 0.632. The third-order valence-corrected chi connectivity index (χ3v) is 5.31. The highest BCUT2D eigenvalue weighted by Crippen LogP contribution is 2.25. The van der Waals surface area contributed by atoms with Crippen LogP contribution < -0.4 is 5.56 Å². The van der Waals surface area contributed by atoms with E-state index in [1.165, 1.54) is 0 Å². The van der Waals surface area contributed by atoms with E-state index in [1.807, 2.05) is 6.07 Å². The predicted molar refractivity (Wildman–Crippen MR) is 95.2 cm³/mol. The molecule has 2 atom stereocenters. The molecule has 1 amide bonds. The third kappa shape index (κ3) is 4.49. The average molecular weight is 345 g/mol. The van der Waals surface area contributed by atoms with Gasteiger partial charge in [-0.25, -0.2) is 0 Å². The zero-order chi connectivity index (χ0) is 18.6. The van der Waals surface area contributed by atoms with Gasteiger partial charge < -0.3 is 15.0 Å². The minimum atomic E-state index is -0.379. The molecule has 1 heterocycles. The summed E-state index contributed by atoms with van der Waals surface area (Å²) in [6.07, 6.45) is 4.43. The number of aromatic nitrogens is 1. The minimum absolute atomic E-state index is 0.0151. The van der Waals surface area contributed by atoms with Crippen LogP contribution in [0.25, 0.3) is 0 Å². The van der Waals surface area contributed by atoms with E-state index in [0.29, 0.717) is 30.6 Å². The summed E-state index contributed by atoms with van der Waals surface area (Å²) >= 11 is 0. The molecule has 1 fully saturated rings. The minimum Gasteiger partial charge on any atom is -0.393 e. The lowest BCUT2D eigenvalue weighted by molar-refractivity contribution is -0.131. The first-order chi connectivity index (χ1) is 11.8. The number of nitrogens with one attached hydrogen (secondary N) is 1. The van der Waals surface area contributed by atoms with E-state index in [-0.39, 0.29) is 29.1 Å². The number of aliphatic hydroxyl groups excluding tert-OH is 1. The number of aryl methyl sites for hydroxylation is 1. The molecular formula is C19H27N3O3. The molecule has 2 unspecified atom stereocenters. The summed E-state index contributed by atoms with van der Waals surface area (Å²) in [4.78, 5) is 28.6. The predicted octanol–water partition coefficient (Wildman–Crippen LogP) is 1.81. The molecule has 0 bridgehead atoms. The Bertz CT molecular complexity index is 733. The largest absolute Gasteiger partial charge is 0.393 e. The van der Waals surface area contributed by atoms with Crippen molar-refractivity contribution in [2.24, 2.45) is 5.92 Å². The monoisotopic (exact) mass is 345 g/mol. The molecule has 0 aromatic carbocycles. The summed E-state index contributed by atoms with van der Waals surface area (Å²) in [6, 6.07) is 1.93. The van der Waals surface area contributed by atoms with Crippen molar-refractivity contribution in [1.29, 1.82) is 5.26 Å². The van der Waals surface area contributed by atoms with Crippen LogP contribution in [0, 0.1) is 31.1 Å². The van der Waals surface area contributed by atoms with Gasteiger partial charge in [-0.2, -0.15) is 5.26 Å². The first kappa shape index (κ1) is 19.2. The van der Waals surface area contributed by atoms with E-state index in [0.717, 1.165) is 31.2 Å². The van der Waals surface area contributed by atoms with Crippen LogP contribution >= 0.6 is 0 Å². The molecule has 1 aliphatic rings. The van der Waals surface area contributed by atoms with Crippen molar-refractivity contribution in [1.82, 2.24) is 9.88 Å². The van der Waals surface area contributed by atoms with Gasteiger partial charge in [-0.15, -0.1) is 0 Å². The molecule has 0 radical (unpaired) electrons. The Morgan fingerprint density at radius 2 is 2.04 bits per heavy atom. The van der Waals surface area contributed by atoms with Gasteiger partial charge in [0.1, 0.15) is 11.6 Å². The lowest BCUT2D eigenvalue weighted by Crippen LogP contribution is -2.38. The number of carbonyl (C=O) groups is 1. The summed E-state index contributed by atoms with van der Waals surface area (Å²) in [6.45, 7) is 4.12. The van der Waals surface area contributed by atoms with Crippen molar-refractivity contribution in [3.8, 4) is 6.07 Å². The smallest absolute Gasteiger partial charge is 0.266 e. The van der Waals surface area contributed by atoms with Crippen molar-refractivity contribution in [2.75, 3.05) is 13.6 Å². The van der Waals surface area contributed by atoms with E-state index < -0.39 is 0 Å². The van der Waals surface area contributed by atoms with E-state index in [9.17, 15) is 14.7 Å². The van der Waals surface area contributed by atoms with Crippen molar-refractivity contribution < 1.29 is 9.90 Å². The molecule has 1 aromatic rings. The number of nitrogens with zero attached hydrogens (tertiary/aromatic N) is 2. The van der Waals surface area contributed by atoms with E-state index in [1.54, 1.807) is 25.8 Å². The molecular weight excluding hydrogens is 318 g/mol. The van der Waals surface area contributed by atoms with E-state index in [2.05, 4.69) is 4.98 Å². The Labute approximate surface area is 148 Å². The maximum absolute atomic E-state index is 12.4. The summed E-state index contributed by atoms with van der Waals surface area (Å²) in [7, 11) is 1.77. The summed E-state index contributed by atoms with van der Waals surface area (Å²) in [5.41, 5.74) is 1.96. The molecule has 0 spiro atoms. The first-order valence-corrected chi connectivity index (χ1v) is 8.89. The quantitative estimate of drug-likeness (QED) is 0.850. The molecule has 1 saturated carbocycles. The van der Waals surface area contributed by atoms with Gasteiger partial charge in [0.25, 0.3) is 5.56 Å². The SMILES string of the molecule is Cc1[nH]c(=O)c(C#N)c(C)c1CCC(=O)N(C)CC1CCCCC1O. The Morgan fingerprint density at radius 3 is 2.68 bits per heavy atom. The van der Waals surface area contributed by atoms with Gasteiger partial charge in [0, 0.05) is 31.6 Å². The third-order valence-electron chi connectivity index (χ3n) is 5.31. The Kier molecular flexibility index (Phi) is 6.38. The Balaban J connectivity index is 2.00. The molecule has 25 heavy (non-hydrogen) atoms. The lowest BCUT2D eigenvalue weighted by Gasteiger charge is -2.31. The number of hydrogen-bond acceptors (Lipinski definition) is 4. The summed E-state index contributed by atoms with van der Waals surface area (Å²) in [5.74, 6) is 0.172. The normalized spacial score (nSPS) is 20.1. The van der Waals surface area contributed by atoms with Crippen LogP contribution in [0.3, 0.4) is 0 Å². The number of hydrogen-bond donors (Lipinski definition) is 2. The number of nitriles is 1.